The number of esters is 1. The molecule has 0 radical (unpaired) electrons. The first-order valence-corrected chi connectivity index (χ1v) is 11.6. The number of carbonyl (C=O) groups is 3. The zero-order valence-corrected chi connectivity index (χ0v) is 21.3. The van der Waals surface area contributed by atoms with Crippen molar-refractivity contribution in [3.8, 4) is 11.5 Å². The van der Waals surface area contributed by atoms with Gasteiger partial charge >= 0.3 is 5.97 Å². The summed E-state index contributed by atoms with van der Waals surface area (Å²) in [5.41, 5.74) is 3.89. The zero-order valence-electron chi connectivity index (χ0n) is 21.3. The summed E-state index contributed by atoms with van der Waals surface area (Å²) in [6.45, 7) is 3.90. The van der Waals surface area contributed by atoms with E-state index in [1.807, 2.05) is 38.1 Å². The molecule has 0 saturated heterocycles. The number of rotatable bonds is 10. The van der Waals surface area contributed by atoms with Crippen LogP contribution in [0.1, 0.15) is 43.0 Å². The molecular formula is C29H31NO6. The highest BCUT2D eigenvalue weighted by Crippen LogP contribution is 2.27. The molecule has 0 bridgehead atoms. The number of hydrogen-bond donors (Lipinski definition) is 0. The van der Waals surface area contributed by atoms with Crippen LogP contribution in [0.4, 0.5) is 0 Å². The van der Waals surface area contributed by atoms with Gasteiger partial charge in [-0.15, -0.1) is 0 Å². The van der Waals surface area contributed by atoms with Crippen molar-refractivity contribution in [2.45, 2.75) is 20.3 Å². The summed E-state index contributed by atoms with van der Waals surface area (Å²) in [5.74, 6) is -0.0870. The van der Waals surface area contributed by atoms with Crippen molar-refractivity contribution in [1.82, 2.24) is 4.90 Å². The topological polar surface area (TPSA) is 82.1 Å². The fraction of sp³-hybridized carbons (Fsp3) is 0.276. The Bertz CT molecular complexity index is 1270. The molecule has 0 unspecified atom stereocenters. The molecule has 0 aliphatic heterocycles. The third-order valence-electron chi connectivity index (χ3n) is 6.10. The highest BCUT2D eigenvalue weighted by atomic mass is 16.5. The maximum absolute atomic E-state index is 13.1. The minimum absolute atomic E-state index is 0.126. The van der Waals surface area contributed by atoms with Gasteiger partial charge in [-0.05, 0) is 61.2 Å². The summed E-state index contributed by atoms with van der Waals surface area (Å²) in [4.78, 5) is 39.9. The van der Waals surface area contributed by atoms with E-state index in [1.165, 1.54) is 11.0 Å². The van der Waals surface area contributed by atoms with E-state index in [9.17, 15) is 14.4 Å². The Labute approximate surface area is 211 Å². The average molecular weight is 490 g/mol. The first-order chi connectivity index (χ1) is 17.2. The molecule has 0 heterocycles. The lowest BCUT2D eigenvalue weighted by molar-refractivity contribution is -0.133. The molecule has 0 N–H and O–H groups in total. The molecule has 0 saturated carbocycles. The smallest absolute Gasteiger partial charge is 0.339 e. The molecule has 0 aliphatic carbocycles. The highest BCUT2D eigenvalue weighted by Gasteiger charge is 2.21. The van der Waals surface area contributed by atoms with E-state index in [0.29, 0.717) is 30.0 Å². The quantitative estimate of drug-likeness (QED) is 0.310. The summed E-state index contributed by atoms with van der Waals surface area (Å²) in [7, 11) is 4.79. The second kappa shape index (κ2) is 12.0. The van der Waals surface area contributed by atoms with Crippen molar-refractivity contribution in [2.75, 3.05) is 34.4 Å². The molecule has 0 spiro atoms. The number of aryl methyl sites for hydroxylation is 2. The number of nitrogens with zero attached hydrogens (tertiary/aromatic N) is 1. The first-order valence-electron chi connectivity index (χ1n) is 11.6. The summed E-state index contributed by atoms with van der Waals surface area (Å²) < 4.78 is 15.8. The average Bonchev–Trinajstić information content (AvgIpc) is 2.90. The molecule has 1 amide bonds. The summed E-state index contributed by atoms with van der Waals surface area (Å²) in [6.07, 6.45) is 0.587. The fourth-order valence-electron chi connectivity index (χ4n) is 3.67. The number of likely N-dealkylation sites (N-methyl/N-ethyl adjacent to an activating group) is 1. The van der Waals surface area contributed by atoms with E-state index in [4.69, 9.17) is 14.2 Å². The predicted molar refractivity (Wildman–Crippen MR) is 137 cm³/mol. The Balaban J connectivity index is 1.61. The van der Waals surface area contributed by atoms with Crippen LogP contribution in [-0.2, 0) is 16.0 Å². The van der Waals surface area contributed by atoms with Crippen LogP contribution < -0.4 is 9.47 Å². The van der Waals surface area contributed by atoms with Crippen LogP contribution >= 0.6 is 0 Å². The number of methoxy groups -OCH3 is 2. The maximum atomic E-state index is 13.1. The van der Waals surface area contributed by atoms with Crippen molar-refractivity contribution in [2.24, 2.45) is 0 Å². The normalized spacial score (nSPS) is 10.5. The lowest BCUT2D eigenvalue weighted by atomic mass is 9.96. The van der Waals surface area contributed by atoms with Crippen molar-refractivity contribution < 1.29 is 28.6 Å². The van der Waals surface area contributed by atoms with Crippen LogP contribution in [0.15, 0.2) is 60.7 Å². The van der Waals surface area contributed by atoms with Gasteiger partial charge in [0, 0.05) is 24.7 Å². The van der Waals surface area contributed by atoms with E-state index in [0.717, 1.165) is 16.7 Å². The number of carbonyl (C=O) groups excluding carboxylic acids is 3. The van der Waals surface area contributed by atoms with Crippen molar-refractivity contribution in [3.63, 3.8) is 0 Å². The van der Waals surface area contributed by atoms with E-state index in [-0.39, 0.29) is 22.8 Å². The maximum Gasteiger partial charge on any atom is 0.339 e. The highest BCUT2D eigenvalue weighted by molar-refractivity contribution is 6.14. The number of ether oxygens (including phenoxy) is 3. The lowest BCUT2D eigenvalue weighted by Gasteiger charge is -2.18. The molecular weight excluding hydrogens is 458 g/mol. The van der Waals surface area contributed by atoms with Gasteiger partial charge in [0.25, 0.3) is 5.91 Å². The van der Waals surface area contributed by atoms with E-state index >= 15 is 0 Å². The van der Waals surface area contributed by atoms with Crippen molar-refractivity contribution >= 4 is 17.7 Å². The van der Waals surface area contributed by atoms with Gasteiger partial charge in [-0.1, -0.05) is 36.4 Å². The molecule has 3 aromatic rings. The third kappa shape index (κ3) is 6.30. The Morgan fingerprint density at radius 3 is 2.17 bits per heavy atom. The molecule has 36 heavy (non-hydrogen) atoms. The third-order valence-corrected chi connectivity index (χ3v) is 6.10. The monoisotopic (exact) mass is 489 g/mol. The van der Waals surface area contributed by atoms with Gasteiger partial charge < -0.3 is 19.1 Å². The fourth-order valence-corrected chi connectivity index (χ4v) is 3.67. The first kappa shape index (κ1) is 26.5. The second-order valence-electron chi connectivity index (χ2n) is 8.50. The summed E-state index contributed by atoms with van der Waals surface area (Å²) in [6, 6.07) is 17.5. The SMILES string of the molecule is COc1ccc(CCN(C)C(=O)COC(=O)c2ccccc2C(=O)c2ccc(C)c(C)c2)cc1OC. The Morgan fingerprint density at radius 1 is 0.806 bits per heavy atom. The summed E-state index contributed by atoms with van der Waals surface area (Å²) >= 11 is 0. The van der Waals surface area contributed by atoms with Crippen LogP contribution in [0.2, 0.25) is 0 Å². The minimum atomic E-state index is -0.718. The summed E-state index contributed by atoms with van der Waals surface area (Å²) in [5, 5.41) is 0. The van der Waals surface area contributed by atoms with Crippen LogP contribution in [-0.4, -0.2) is 57.0 Å². The van der Waals surface area contributed by atoms with Crippen molar-refractivity contribution in [3.05, 3.63) is 94.0 Å². The van der Waals surface area contributed by atoms with Crippen LogP contribution in [0.25, 0.3) is 0 Å². The Hall–Kier alpha value is -4.13. The molecule has 0 fully saturated rings. The molecule has 3 rings (SSSR count). The van der Waals surface area contributed by atoms with Crippen LogP contribution in [0.5, 0.6) is 11.5 Å². The largest absolute Gasteiger partial charge is 0.493 e. The molecule has 188 valence electrons. The molecule has 7 heteroatoms. The number of hydrogen-bond acceptors (Lipinski definition) is 6. The zero-order chi connectivity index (χ0) is 26.2. The molecule has 0 aromatic heterocycles. The van der Waals surface area contributed by atoms with Gasteiger partial charge in [-0.25, -0.2) is 4.79 Å². The van der Waals surface area contributed by atoms with E-state index < -0.39 is 12.6 Å². The standard InChI is InChI=1S/C29H31NO6/c1-19-10-12-22(16-20(19)2)28(32)23-8-6-7-9-24(23)29(33)36-18-27(31)30(3)15-14-21-11-13-25(34-4)26(17-21)35-5/h6-13,16-17H,14-15,18H2,1-5H3. The van der Waals surface area contributed by atoms with Gasteiger partial charge in [0.15, 0.2) is 23.9 Å². The number of benzene rings is 3. The molecule has 0 aliphatic rings. The predicted octanol–water partition coefficient (Wildman–Crippen LogP) is 4.41. The number of amides is 1. The van der Waals surface area contributed by atoms with E-state index in [2.05, 4.69) is 0 Å². The number of ketones is 1. The van der Waals surface area contributed by atoms with Gasteiger partial charge in [-0.3, -0.25) is 9.59 Å². The second-order valence-corrected chi connectivity index (χ2v) is 8.50. The van der Waals surface area contributed by atoms with Crippen molar-refractivity contribution in [1.29, 1.82) is 0 Å². The van der Waals surface area contributed by atoms with Gasteiger partial charge in [-0.2, -0.15) is 0 Å². The van der Waals surface area contributed by atoms with Crippen LogP contribution in [0, 0.1) is 13.8 Å². The molecule has 7 nitrogen and oxygen atoms in total. The van der Waals surface area contributed by atoms with Gasteiger partial charge in [0.2, 0.25) is 0 Å². The minimum Gasteiger partial charge on any atom is -0.493 e. The van der Waals surface area contributed by atoms with E-state index in [1.54, 1.807) is 51.6 Å². The lowest BCUT2D eigenvalue weighted by Crippen LogP contribution is -2.33. The van der Waals surface area contributed by atoms with Gasteiger partial charge in [0.05, 0.1) is 19.8 Å². The van der Waals surface area contributed by atoms with Crippen LogP contribution in [0.3, 0.4) is 0 Å². The molecule has 0 atom stereocenters. The Kier molecular flexibility index (Phi) is 8.84. The Morgan fingerprint density at radius 2 is 1.50 bits per heavy atom. The molecule has 3 aromatic carbocycles. The van der Waals surface area contributed by atoms with Gasteiger partial charge in [0.1, 0.15) is 0 Å².